The molecule has 2 heterocycles. The summed E-state index contributed by atoms with van der Waals surface area (Å²) in [6.45, 7) is 0.929. The highest BCUT2D eigenvalue weighted by molar-refractivity contribution is 7.80. The Bertz CT molecular complexity index is 926. The molecule has 0 amide bonds. The molecule has 4 rings (SSSR count). The van der Waals surface area contributed by atoms with Crippen LogP contribution in [0.3, 0.4) is 0 Å². The van der Waals surface area contributed by atoms with Crippen molar-refractivity contribution in [3.63, 3.8) is 0 Å². The second kappa shape index (κ2) is 5.64. The highest BCUT2D eigenvalue weighted by Gasteiger charge is 2.23. The third kappa shape index (κ3) is 2.31. The number of para-hydroxylation sites is 1. The van der Waals surface area contributed by atoms with E-state index in [9.17, 15) is 10.2 Å². The van der Waals surface area contributed by atoms with Crippen LogP contribution in [0.2, 0.25) is 0 Å². The first kappa shape index (κ1) is 14.7. The van der Waals surface area contributed by atoms with Crippen LogP contribution in [0, 0.1) is 0 Å². The van der Waals surface area contributed by atoms with E-state index in [1.54, 1.807) is 6.07 Å². The average molecular weight is 343 g/mol. The molecule has 0 bridgehead atoms. The van der Waals surface area contributed by atoms with E-state index < -0.39 is 0 Å². The lowest BCUT2D eigenvalue weighted by molar-refractivity contribution is 0.172. The zero-order valence-corrected chi connectivity index (χ0v) is 13.3. The fourth-order valence-corrected chi connectivity index (χ4v) is 2.88. The van der Waals surface area contributed by atoms with Gasteiger partial charge in [-0.2, -0.15) is 0 Å². The summed E-state index contributed by atoms with van der Waals surface area (Å²) in [4.78, 5) is 0. The number of aromatic hydroxyl groups is 2. The molecule has 0 atom stereocenters. The van der Waals surface area contributed by atoms with E-state index in [0.29, 0.717) is 46.7 Å². The SMILES string of the molecule is Oc1ccc(-n2nnc(S)c2-c2cccc3c2OCCO3)c(O)c1. The van der Waals surface area contributed by atoms with Crippen LogP contribution in [0.15, 0.2) is 41.4 Å². The lowest BCUT2D eigenvalue weighted by Gasteiger charge is -2.21. The summed E-state index contributed by atoms with van der Waals surface area (Å²) >= 11 is 4.38. The number of thiol groups is 1. The van der Waals surface area contributed by atoms with Gasteiger partial charge in [-0.25, -0.2) is 4.68 Å². The Hall–Kier alpha value is -2.87. The van der Waals surface area contributed by atoms with Crippen molar-refractivity contribution in [2.45, 2.75) is 5.03 Å². The number of hydrogen-bond donors (Lipinski definition) is 3. The van der Waals surface area contributed by atoms with E-state index in [0.717, 1.165) is 0 Å². The van der Waals surface area contributed by atoms with E-state index >= 15 is 0 Å². The maximum atomic E-state index is 10.1. The molecular weight excluding hydrogens is 330 g/mol. The predicted octanol–water partition coefficient (Wildman–Crippen LogP) is 2.41. The van der Waals surface area contributed by atoms with Gasteiger partial charge >= 0.3 is 0 Å². The largest absolute Gasteiger partial charge is 0.508 e. The van der Waals surface area contributed by atoms with Crippen LogP contribution in [0.5, 0.6) is 23.0 Å². The summed E-state index contributed by atoms with van der Waals surface area (Å²) in [6, 6.07) is 9.74. The third-order valence-corrected chi connectivity index (χ3v) is 3.96. The van der Waals surface area contributed by atoms with Crippen LogP contribution in [0.25, 0.3) is 16.9 Å². The minimum Gasteiger partial charge on any atom is -0.508 e. The molecule has 7 nitrogen and oxygen atoms in total. The van der Waals surface area contributed by atoms with Gasteiger partial charge in [-0.05, 0) is 24.3 Å². The molecule has 0 saturated carbocycles. The monoisotopic (exact) mass is 343 g/mol. The molecular formula is C16H13N3O4S. The van der Waals surface area contributed by atoms with Crippen LogP contribution >= 0.6 is 12.6 Å². The Balaban J connectivity index is 1.93. The number of nitrogens with zero attached hydrogens (tertiary/aromatic N) is 3. The van der Waals surface area contributed by atoms with Crippen molar-refractivity contribution >= 4 is 12.6 Å². The molecule has 0 aliphatic carbocycles. The summed E-state index contributed by atoms with van der Waals surface area (Å²) in [7, 11) is 0. The van der Waals surface area contributed by atoms with Crippen molar-refractivity contribution in [1.29, 1.82) is 0 Å². The van der Waals surface area contributed by atoms with Crippen LogP contribution in [0.1, 0.15) is 0 Å². The molecule has 24 heavy (non-hydrogen) atoms. The molecule has 0 saturated heterocycles. The molecule has 122 valence electrons. The molecule has 2 N–H and O–H groups in total. The van der Waals surface area contributed by atoms with Crippen LogP contribution in [0.4, 0.5) is 0 Å². The van der Waals surface area contributed by atoms with Crippen molar-refractivity contribution in [2.75, 3.05) is 13.2 Å². The number of phenolic OH excluding ortho intramolecular Hbond substituents is 2. The van der Waals surface area contributed by atoms with E-state index in [1.165, 1.54) is 16.8 Å². The van der Waals surface area contributed by atoms with Gasteiger partial charge in [-0.3, -0.25) is 0 Å². The zero-order chi connectivity index (χ0) is 16.7. The Morgan fingerprint density at radius 1 is 1.08 bits per heavy atom. The summed E-state index contributed by atoms with van der Waals surface area (Å²) < 4.78 is 12.8. The fraction of sp³-hybridized carbons (Fsp3) is 0.125. The number of ether oxygens (including phenoxy) is 2. The van der Waals surface area contributed by atoms with Gasteiger partial charge in [0.25, 0.3) is 0 Å². The van der Waals surface area contributed by atoms with Crippen molar-refractivity contribution in [3.8, 4) is 39.9 Å². The van der Waals surface area contributed by atoms with Crippen molar-refractivity contribution < 1.29 is 19.7 Å². The molecule has 1 aliphatic heterocycles. The highest BCUT2D eigenvalue weighted by Crippen LogP contribution is 2.42. The zero-order valence-electron chi connectivity index (χ0n) is 12.4. The van der Waals surface area contributed by atoms with Gasteiger partial charge in [-0.15, -0.1) is 17.7 Å². The molecule has 3 aromatic rings. The van der Waals surface area contributed by atoms with E-state index in [-0.39, 0.29) is 11.5 Å². The first-order valence-corrected chi connectivity index (χ1v) is 7.66. The lowest BCUT2D eigenvalue weighted by Crippen LogP contribution is -2.16. The summed E-state index contributed by atoms with van der Waals surface area (Å²) in [6.07, 6.45) is 0. The number of phenols is 2. The first-order chi connectivity index (χ1) is 11.6. The van der Waals surface area contributed by atoms with Gasteiger partial charge in [0.05, 0.1) is 0 Å². The quantitative estimate of drug-likeness (QED) is 0.619. The predicted molar refractivity (Wildman–Crippen MR) is 88.4 cm³/mol. The summed E-state index contributed by atoms with van der Waals surface area (Å²) in [5.41, 5.74) is 1.63. The maximum absolute atomic E-state index is 10.1. The van der Waals surface area contributed by atoms with Gasteiger partial charge in [0, 0.05) is 11.6 Å². The molecule has 0 unspecified atom stereocenters. The first-order valence-electron chi connectivity index (χ1n) is 7.21. The van der Waals surface area contributed by atoms with Gasteiger partial charge in [0.1, 0.15) is 41.1 Å². The minimum atomic E-state index is -0.128. The van der Waals surface area contributed by atoms with E-state index in [2.05, 4.69) is 22.9 Å². The number of fused-ring (bicyclic) bond motifs is 1. The maximum Gasteiger partial charge on any atom is 0.170 e. The smallest absolute Gasteiger partial charge is 0.170 e. The fourth-order valence-electron chi connectivity index (χ4n) is 2.63. The Morgan fingerprint density at radius 3 is 2.75 bits per heavy atom. The molecule has 2 aromatic carbocycles. The number of hydrogen-bond acceptors (Lipinski definition) is 7. The lowest BCUT2D eigenvalue weighted by atomic mass is 10.1. The molecule has 1 aromatic heterocycles. The van der Waals surface area contributed by atoms with Crippen LogP contribution in [-0.2, 0) is 0 Å². The highest BCUT2D eigenvalue weighted by atomic mass is 32.1. The summed E-state index contributed by atoms with van der Waals surface area (Å²) in [5.74, 6) is 1.05. The van der Waals surface area contributed by atoms with Crippen molar-refractivity contribution in [2.24, 2.45) is 0 Å². The molecule has 0 radical (unpaired) electrons. The van der Waals surface area contributed by atoms with E-state index in [1.807, 2.05) is 18.2 Å². The Labute approximate surface area is 142 Å². The number of benzene rings is 2. The van der Waals surface area contributed by atoms with Crippen LogP contribution < -0.4 is 9.47 Å². The molecule has 1 aliphatic rings. The topological polar surface area (TPSA) is 89.6 Å². The van der Waals surface area contributed by atoms with Gasteiger partial charge in [-0.1, -0.05) is 11.3 Å². The normalized spacial score (nSPS) is 13.0. The summed E-state index contributed by atoms with van der Waals surface area (Å²) in [5, 5.41) is 28.0. The minimum absolute atomic E-state index is 0.0437. The standard InChI is InChI=1S/C16H13N3O4S/c20-9-4-5-11(12(21)8-9)19-14(16(24)17-18-19)10-2-1-3-13-15(10)23-7-6-22-13/h1-5,8,20-21,24H,6-7H2. The third-order valence-electron chi connectivity index (χ3n) is 3.66. The Morgan fingerprint density at radius 2 is 1.92 bits per heavy atom. The van der Waals surface area contributed by atoms with E-state index in [4.69, 9.17) is 9.47 Å². The van der Waals surface area contributed by atoms with Crippen molar-refractivity contribution in [3.05, 3.63) is 36.4 Å². The van der Waals surface area contributed by atoms with Gasteiger partial charge in [0.2, 0.25) is 0 Å². The Kier molecular flexibility index (Phi) is 3.46. The molecule has 8 heteroatoms. The van der Waals surface area contributed by atoms with Gasteiger partial charge < -0.3 is 19.7 Å². The van der Waals surface area contributed by atoms with Crippen molar-refractivity contribution in [1.82, 2.24) is 15.0 Å². The van der Waals surface area contributed by atoms with Gasteiger partial charge in [0.15, 0.2) is 11.5 Å². The number of rotatable bonds is 2. The average Bonchev–Trinajstić information content (AvgIpc) is 2.95. The second-order valence-electron chi connectivity index (χ2n) is 5.18. The molecule has 0 spiro atoms. The van der Waals surface area contributed by atoms with Crippen LogP contribution in [-0.4, -0.2) is 38.4 Å². The molecule has 0 fully saturated rings. The second-order valence-corrected chi connectivity index (χ2v) is 5.60. The number of aromatic nitrogens is 3.